The van der Waals surface area contributed by atoms with E-state index < -0.39 is 5.41 Å². The van der Waals surface area contributed by atoms with Crippen LogP contribution in [-0.4, -0.2) is 20.5 Å². The zero-order valence-electron chi connectivity index (χ0n) is 12.6. The van der Waals surface area contributed by atoms with E-state index in [-0.39, 0.29) is 5.78 Å². The van der Waals surface area contributed by atoms with Crippen LogP contribution >= 0.6 is 0 Å². The summed E-state index contributed by atoms with van der Waals surface area (Å²) >= 11 is 0. The van der Waals surface area contributed by atoms with Crippen LogP contribution < -0.4 is 5.73 Å². The van der Waals surface area contributed by atoms with Crippen LogP contribution in [0.1, 0.15) is 31.9 Å². The molecule has 0 aliphatic heterocycles. The molecule has 0 amide bonds. The number of carbonyl (C=O) groups is 1. The number of aromatic nitrogens is 3. The highest BCUT2D eigenvalue weighted by molar-refractivity contribution is 6.21. The molecule has 0 radical (unpaired) electrons. The molecule has 2 N–H and O–H groups in total. The largest absolute Gasteiger partial charge is 0.326 e. The first-order valence-electron chi connectivity index (χ1n) is 6.82. The van der Waals surface area contributed by atoms with Crippen molar-refractivity contribution in [3.05, 3.63) is 48.0 Å². The van der Waals surface area contributed by atoms with Crippen LogP contribution in [-0.2, 0) is 11.3 Å². The van der Waals surface area contributed by atoms with Gasteiger partial charge in [0.15, 0.2) is 5.78 Å². The fourth-order valence-electron chi connectivity index (χ4n) is 1.86. The summed E-state index contributed by atoms with van der Waals surface area (Å²) in [5.74, 6) is 0.0101. The Kier molecular flexibility index (Phi) is 4.33. The lowest BCUT2D eigenvalue weighted by molar-refractivity contribution is -0.120. The molecule has 21 heavy (non-hydrogen) atoms. The average molecular weight is 284 g/mol. The van der Waals surface area contributed by atoms with Crippen LogP contribution in [0.3, 0.4) is 0 Å². The van der Waals surface area contributed by atoms with Crippen molar-refractivity contribution in [1.29, 1.82) is 0 Å². The molecule has 5 heteroatoms. The Morgan fingerprint density at radius 1 is 1.29 bits per heavy atom. The summed E-state index contributed by atoms with van der Waals surface area (Å²) in [4.78, 5) is 16.5. The summed E-state index contributed by atoms with van der Waals surface area (Å²) < 4.78 is 1.50. The molecule has 0 unspecified atom stereocenters. The molecule has 110 valence electrons. The minimum atomic E-state index is -0.491. The molecule has 1 aromatic heterocycles. The van der Waals surface area contributed by atoms with Gasteiger partial charge in [0.1, 0.15) is 18.4 Å². The Balaban J connectivity index is 2.44. The maximum atomic E-state index is 12.6. The van der Waals surface area contributed by atoms with Crippen molar-refractivity contribution >= 4 is 17.6 Å². The molecular formula is C16H20N4O. The second kappa shape index (κ2) is 6.01. The van der Waals surface area contributed by atoms with Crippen LogP contribution in [0.25, 0.3) is 11.8 Å². The third kappa shape index (κ3) is 3.64. The number of benzene rings is 1. The fraction of sp³-hybridized carbons (Fsp3) is 0.312. The molecule has 0 aliphatic carbocycles. The second-order valence-corrected chi connectivity index (χ2v) is 5.89. The van der Waals surface area contributed by atoms with Crippen LogP contribution in [0, 0.1) is 5.41 Å². The zero-order valence-corrected chi connectivity index (χ0v) is 12.6. The molecule has 0 fully saturated rings. The maximum absolute atomic E-state index is 12.6. The normalized spacial score (nSPS) is 12.5. The van der Waals surface area contributed by atoms with E-state index in [4.69, 9.17) is 5.73 Å². The van der Waals surface area contributed by atoms with Crippen LogP contribution in [0.2, 0.25) is 0 Å². The van der Waals surface area contributed by atoms with E-state index in [9.17, 15) is 4.79 Å². The zero-order chi connectivity index (χ0) is 15.5. The Hall–Kier alpha value is -2.27. The number of hydrogen-bond acceptors (Lipinski definition) is 4. The molecule has 2 rings (SSSR count). The van der Waals surface area contributed by atoms with Crippen molar-refractivity contribution in [2.24, 2.45) is 11.1 Å². The Morgan fingerprint density at radius 3 is 2.43 bits per heavy atom. The van der Waals surface area contributed by atoms with Crippen molar-refractivity contribution in [3.8, 4) is 0 Å². The van der Waals surface area contributed by atoms with Crippen LogP contribution in [0.15, 0.2) is 36.9 Å². The number of Topliss-reactive ketones (excluding diaryl/α,β-unsaturated/α-hetero) is 1. The van der Waals surface area contributed by atoms with Gasteiger partial charge >= 0.3 is 0 Å². The summed E-state index contributed by atoms with van der Waals surface area (Å²) in [5.41, 5.74) is 7.58. The first kappa shape index (κ1) is 15.1. The van der Waals surface area contributed by atoms with E-state index in [2.05, 4.69) is 10.1 Å². The predicted molar refractivity (Wildman–Crippen MR) is 83.0 cm³/mol. The quantitative estimate of drug-likeness (QED) is 0.875. The smallest absolute Gasteiger partial charge is 0.186 e. The molecule has 1 aromatic carbocycles. The van der Waals surface area contributed by atoms with Gasteiger partial charge in [-0.15, -0.1) is 0 Å². The lowest BCUT2D eigenvalue weighted by atomic mass is 9.88. The van der Waals surface area contributed by atoms with Gasteiger partial charge in [0.2, 0.25) is 0 Å². The van der Waals surface area contributed by atoms with Gasteiger partial charge in [0, 0.05) is 12.0 Å². The van der Waals surface area contributed by atoms with Crippen molar-refractivity contribution in [2.45, 2.75) is 27.3 Å². The first-order valence-corrected chi connectivity index (χ1v) is 6.82. The fourth-order valence-corrected chi connectivity index (χ4v) is 1.86. The van der Waals surface area contributed by atoms with Gasteiger partial charge in [-0.05, 0) is 17.2 Å². The highest BCUT2D eigenvalue weighted by Gasteiger charge is 2.26. The number of carbonyl (C=O) groups excluding carboxylic acids is 1. The minimum Gasteiger partial charge on any atom is -0.326 e. The van der Waals surface area contributed by atoms with Gasteiger partial charge < -0.3 is 5.73 Å². The summed E-state index contributed by atoms with van der Waals surface area (Å²) in [7, 11) is 0. The summed E-state index contributed by atoms with van der Waals surface area (Å²) in [6, 6.07) is 7.78. The molecule has 1 heterocycles. The molecule has 2 aromatic rings. The number of nitrogens with two attached hydrogens (primary N) is 1. The highest BCUT2D eigenvalue weighted by atomic mass is 16.1. The molecule has 5 nitrogen and oxygen atoms in total. The van der Waals surface area contributed by atoms with E-state index in [1.807, 2.05) is 51.1 Å². The second-order valence-electron chi connectivity index (χ2n) is 5.89. The third-order valence-electron chi connectivity index (χ3n) is 3.10. The van der Waals surface area contributed by atoms with Gasteiger partial charge in [-0.25, -0.2) is 9.67 Å². The van der Waals surface area contributed by atoms with Crippen molar-refractivity contribution in [2.75, 3.05) is 0 Å². The van der Waals surface area contributed by atoms with E-state index in [1.165, 1.54) is 17.3 Å². The Morgan fingerprint density at radius 2 is 1.95 bits per heavy atom. The maximum Gasteiger partial charge on any atom is 0.186 e. The van der Waals surface area contributed by atoms with Crippen molar-refractivity contribution < 1.29 is 4.79 Å². The SMILES string of the molecule is CC(C)(C)C(=O)C(=Cc1ccc(CN)cc1)n1cncn1. The minimum absolute atomic E-state index is 0.0101. The molecule has 0 saturated carbocycles. The molecular weight excluding hydrogens is 264 g/mol. The third-order valence-corrected chi connectivity index (χ3v) is 3.10. The van der Waals surface area contributed by atoms with Crippen LogP contribution in [0.5, 0.6) is 0 Å². The van der Waals surface area contributed by atoms with E-state index in [0.717, 1.165) is 11.1 Å². The Labute approximate surface area is 124 Å². The summed E-state index contributed by atoms with van der Waals surface area (Å²) in [6.45, 7) is 6.16. The molecule has 0 aliphatic rings. The van der Waals surface area contributed by atoms with E-state index in [0.29, 0.717) is 12.2 Å². The van der Waals surface area contributed by atoms with Gasteiger partial charge in [-0.1, -0.05) is 45.0 Å². The first-order chi connectivity index (χ1) is 9.91. The number of nitrogens with zero attached hydrogens (tertiary/aromatic N) is 3. The molecule has 0 bridgehead atoms. The number of hydrogen-bond donors (Lipinski definition) is 1. The Bertz CT molecular complexity index is 634. The van der Waals surface area contributed by atoms with Gasteiger partial charge in [0.05, 0.1) is 0 Å². The van der Waals surface area contributed by atoms with Crippen molar-refractivity contribution in [3.63, 3.8) is 0 Å². The van der Waals surface area contributed by atoms with Crippen LogP contribution in [0.4, 0.5) is 0 Å². The lowest BCUT2D eigenvalue weighted by Crippen LogP contribution is -2.24. The molecule has 0 saturated heterocycles. The molecule has 0 atom stereocenters. The van der Waals surface area contributed by atoms with E-state index in [1.54, 1.807) is 0 Å². The number of ketones is 1. The molecule has 0 spiro atoms. The predicted octanol–water partition coefficient (Wildman–Crippen LogP) is 2.35. The number of rotatable bonds is 4. The summed E-state index contributed by atoms with van der Waals surface area (Å²) in [5, 5.41) is 4.08. The topological polar surface area (TPSA) is 73.8 Å². The lowest BCUT2D eigenvalue weighted by Gasteiger charge is -2.18. The van der Waals surface area contributed by atoms with Gasteiger partial charge in [0.25, 0.3) is 0 Å². The van der Waals surface area contributed by atoms with Gasteiger partial charge in [-0.3, -0.25) is 4.79 Å². The van der Waals surface area contributed by atoms with Gasteiger partial charge in [-0.2, -0.15) is 5.10 Å². The van der Waals surface area contributed by atoms with Crippen molar-refractivity contribution in [1.82, 2.24) is 14.8 Å². The average Bonchev–Trinajstić information content (AvgIpc) is 2.97. The van der Waals surface area contributed by atoms with E-state index >= 15 is 0 Å². The summed E-state index contributed by atoms with van der Waals surface area (Å²) in [6.07, 6.45) is 4.77. The number of allylic oxidation sites excluding steroid dienone is 1. The monoisotopic (exact) mass is 284 g/mol. The highest BCUT2D eigenvalue weighted by Crippen LogP contribution is 2.24. The standard InChI is InChI=1S/C16H20N4O/c1-16(2,3)15(21)14(20-11-18-10-19-20)8-12-4-6-13(9-17)7-5-12/h4-8,10-11H,9,17H2,1-3H3.